The molecule has 4 fully saturated rings. The highest BCUT2D eigenvalue weighted by Crippen LogP contribution is 2.68. The van der Waals surface area contributed by atoms with Crippen LogP contribution in [-0.4, -0.2) is 22.6 Å². The molecule has 4 aliphatic rings. The van der Waals surface area contributed by atoms with E-state index in [4.69, 9.17) is 5.11 Å². The zero-order valence-electron chi connectivity index (χ0n) is 19.3. The van der Waals surface area contributed by atoms with Gasteiger partial charge in [0, 0.05) is 31.1 Å². The average Bonchev–Trinajstić information content (AvgIpc) is 3.05. The fourth-order valence-corrected chi connectivity index (χ4v) is 8.97. The van der Waals surface area contributed by atoms with Gasteiger partial charge in [-0.15, -0.1) is 0 Å². The lowest BCUT2D eigenvalue weighted by Gasteiger charge is -2.61. The summed E-state index contributed by atoms with van der Waals surface area (Å²) in [5, 5.41) is 9.14. The van der Waals surface area contributed by atoms with Gasteiger partial charge in [-0.25, -0.2) is 0 Å². The number of hydrogen-bond donors (Lipinski definition) is 1. The van der Waals surface area contributed by atoms with Crippen LogP contribution in [0.2, 0.25) is 0 Å². The van der Waals surface area contributed by atoms with Crippen molar-refractivity contribution in [3.05, 3.63) is 0 Å². The first-order valence-corrected chi connectivity index (χ1v) is 12.4. The van der Waals surface area contributed by atoms with Crippen LogP contribution in [0.25, 0.3) is 0 Å². The van der Waals surface area contributed by atoms with Crippen molar-refractivity contribution in [3.8, 4) is 0 Å². The highest BCUT2D eigenvalue weighted by atomic mass is 16.4. The Bertz CT molecular complexity index is 729. The number of aliphatic carboxylic acids is 1. The second-order valence-corrected chi connectivity index (χ2v) is 11.6. The number of carbonyl (C=O) groups is 3. The molecule has 0 unspecified atom stereocenters. The van der Waals surface area contributed by atoms with E-state index in [2.05, 4.69) is 27.7 Å². The maximum atomic E-state index is 13.9. The van der Waals surface area contributed by atoms with Crippen LogP contribution in [0.1, 0.15) is 91.9 Å². The third-order valence-corrected chi connectivity index (χ3v) is 10.5. The van der Waals surface area contributed by atoms with E-state index in [0.29, 0.717) is 48.1 Å². The smallest absolute Gasteiger partial charge is 0.303 e. The number of carboxylic acid groups (broad SMARTS) is 1. The molecule has 168 valence electrons. The SMILES string of the molecule is CC[C@H]1C(=O)[C@@H]2[C@H](CC[C@]3(C)[C@@H]([C@H](C)CCC(=O)O)CC[C@@H]23)[C@@]2(C)CCC(=O)C[C@H]12. The minimum Gasteiger partial charge on any atom is -0.481 e. The van der Waals surface area contributed by atoms with Gasteiger partial charge in [-0.2, -0.15) is 0 Å². The number of carboxylic acids is 1. The Labute approximate surface area is 181 Å². The van der Waals surface area contributed by atoms with Crippen LogP contribution < -0.4 is 0 Å². The molecule has 0 aromatic carbocycles. The van der Waals surface area contributed by atoms with E-state index in [1.54, 1.807) is 0 Å². The van der Waals surface area contributed by atoms with Gasteiger partial charge < -0.3 is 5.11 Å². The maximum Gasteiger partial charge on any atom is 0.303 e. The molecule has 30 heavy (non-hydrogen) atoms. The molecule has 0 bridgehead atoms. The lowest BCUT2D eigenvalue weighted by Crippen LogP contribution is -2.60. The van der Waals surface area contributed by atoms with Gasteiger partial charge in [0.1, 0.15) is 11.6 Å². The molecule has 0 aromatic rings. The second-order valence-electron chi connectivity index (χ2n) is 11.6. The first-order valence-electron chi connectivity index (χ1n) is 12.4. The molecule has 9 atom stereocenters. The molecule has 0 radical (unpaired) electrons. The molecule has 4 aliphatic carbocycles. The standard InChI is InChI=1S/C26H40O4/c1-5-17-21-14-16(27)10-12-26(21,4)20-11-13-25(3)18(15(2)6-9-22(28)29)7-8-19(25)23(20)24(17)30/h15,17-21,23H,5-14H2,1-4H3,(H,28,29)/t15-,17-,18-,19+,20+,21-,23+,25-,26-/m1/s1. The van der Waals surface area contributed by atoms with Crippen molar-refractivity contribution in [1.29, 1.82) is 0 Å². The van der Waals surface area contributed by atoms with E-state index in [1.165, 1.54) is 0 Å². The highest BCUT2D eigenvalue weighted by Gasteiger charge is 2.65. The Balaban J connectivity index is 1.63. The molecule has 4 nitrogen and oxygen atoms in total. The Hall–Kier alpha value is -1.19. The summed E-state index contributed by atoms with van der Waals surface area (Å²) in [5.41, 5.74) is 0.280. The summed E-state index contributed by atoms with van der Waals surface area (Å²) in [6, 6.07) is 0. The quantitative estimate of drug-likeness (QED) is 0.639. The second kappa shape index (κ2) is 7.74. The molecule has 0 amide bonds. The summed E-state index contributed by atoms with van der Waals surface area (Å²) >= 11 is 0. The third-order valence-electron chi connectivity index (χ3n) is 10.5. The summed E-state index contributed by atoms with van der Waals surface area (Å²) in [4.78, 5) is 37.3. The van der Waals surface area contributed by atoms with Gasteiger partial charge in [0.05, 0.1) is 0 Å². The van der Waals surface area contributed by atoms with Crippen LogP contribution in [0.4, 0.5) is 0 Å². The first kappa shape index (κ1) is 22.0. The van der Waals surface area contributed by atoms with Crippen LogP contribution in [0, 0.1) is 52.3 Å². The zero-order valence-corrected chi connectivity index (χ0v) is 19.3. The monoisotopic (exact) mass is 416 g/mol. The largest absolute Gasteiger partial charge is 0.481 e. The van der Waals surface area contributed by atoms with Crippen LogP contribution in [0.3, 0.4) is 0 Å². The minimum atomic E-state index is -0.704. The van der Waals surface area contributed by atoms with Gasteiger partial charge in [0.25, 0.3) is 0 Å². The van der Waals surface area contributed by atoms with Crippen molar-refractivity contribution in [2.75, 3.05) is 0 Å². The van der Waals surface area contributed by atoms with E-state index < -0.39 is 5.97 Å². The molecular weight excluding hydrogens is 376 g/mol. The van der Waals surface area contributed by atoms with Gasteiger partial charge in [-0.05, 0) is 85.4 Å². The molecule has 4 saturated carbocycles. The number of fused-ring (bicyclic) bond motifs is 5. The molecule has 4 heteroatoms. The Morgan fingerprint density at radius 2 is 1.77 bits per heavy atom. The lowest BCUT2D eigenvalue weighted by atomic mass is 9.42. The molecule has 0 heterocycles. The Kier molecular flexibility index (Phi) is 5.68. The van der Waals surface area contributed by atoms with Crippen molar-refractivity contribution >= 4 is 17.5 Å². The number of Topliss-reactive ketones (excluding diaryl/α,β-unsaturated/α-hetero) is 2. The predicted octanol–water partition coefficient (Wildman–Crippen LogP) is 5.53. The topological polar surface area (TPSA) is 71.4 Å². The first-order chi connectivity index (χ1) is 14.1. The van der Waals surface area contributed by atoms with E-state index >= 15 is 0 Å². The van der Waals surface area contributed by atoms with Crippen molar-refractivity contribution in [2.24, 2.45) is 52.3 Å². The summed E-state index contributed by atoms with van der Waals surface area (Å²) in [6.07, 6.45) is 8.61. The van der Waals surface area contributed by atoms with Gasteiger partial charge in [-0.3, -0.25) is 14.4 Å². The van der Waals surface area contributed by atoms with Crippen molar-refractivity contribution in [3.63, 3.8) is 0 Å². The van der Waals surface area contributed by atoms with Crippen molar-refractivity contribution in [2.45, 2.75) is 91.9 Å². The van der Waals surface area contributed by atoms with E-state index in [-0.39, 0.29) is 35.0 Å². The molecule has 1 N–H and O–H groups in total. The molecule has 4 rings (SSSR count). The number of carbonyl (C=O) groups excluding carboxylic acids is 2. The minimum absolute atomic E-state index is 0.0475. The average molecular weight is 417 g/mol. The van der Waals surface area contributed by atoms with Gasteiger partial charge >= 0.3 is 5.97 Å². The number of rotatable bonds is 5. The Morgan fingerprint density at radius 1 is 1.07 bits per heavy atom. The summed E-state index contributed by atoms with van der Waals surface area (Å²) < 4.78 is 0. The number of ketones is 2. The van der Waals surface area contributed by atoms with Crippen molar-refractivity contribution in [1.82, 2.24) is 0 Å². The lowest BCUT2D eigenvalue weighted by molar-refractivity contribution is -0.169. The summed E-state index contributed by atoms with van der Waals surface area (Å²) in [6.45, 7) is 9.18. The Morgan fingerprint density at radius 3 is 2.43 bits per heavy atom. The summed E-state index contributed by atoms with van der Waals surface area (Å²) in [7, 11) is 0. The molecule has 0 aromatic heterocycles. The zero-order chi connectivity index (χ0) is 21.8. The third kappa shape index (κ3) is 3.19. The van der Waals surface area contributed by atoms with Gasteiger partial charge in [0.2, 0.25) is 0 Å². The van der Waals surface area contributed by atoms with Crippen LogP contribution in [-0.2, 0) is 14.4 Å². The molecule has 0 aliphatic heterocycles. The van der Waals surface area contributed by atoms with E-state index in [9.17, 15) is 14.4 Å². The van der Waals surface area contributed by atoms with Gasteiger partial charge in [0.15, 0.2) is 0 Å². The highest BCUT2D eigenvalue weighted by molar-refractivity contribution is 5.88. The molecular formula is C26H40O4. The normalized spacial score (nSPS) is 46.7. The summed E-state index contributed by atoms with van der Waals surface area (Å²) in [5.74, 6) is 2.34. The van der Waals surface area contributed by atoms with Gasteiger partial charge in [-0.1, -0.05) is 27.7 Å². The molecule has 0 spiro atoms. The van der Waals surface area contributed by atoms with Crippen LogP contribution in [0.15, 0.2) is 0 Å². The molecule has 0 saturated heterocycles. The van der Waals surface area contributed by atoms with Crippen molar-refractivity contribution < 1.29 is 19.5 Å². The van der Waals surface area contributed by atoms with E-state index in [0.717, 1.165) is 44.9 Å². The van der Waals surface area contributed by atoms with Crippen LogP contribution >= 0.6 is 0 Å². The maximum absolute atomic E-state index is 13.9. The predicted molar refractivity (Wildman–Crippen MR) is 116 cm³/mol. The van der Waals surface area contributed by atoms with E-state index in [1.807, 2.05) is 0 Å². The fourth-order valence-electron chi connectivity index (χ4n) is 8.97. The van der Waals surface area contributed by atoms with Crippen LogP contribution in [0.5, 0.6) is 0 Å². The fraction of sp³-hybridized carbons (Fsp3) is 0.885. The number of hydrogen-bond acceptors (Lipinski definition) is 3.